The van der Waals surface area contributed by atoms with Gasteiger partial charge in [-0.2, -0.15) is 0 Å². The number of amides is 2. The molecule has 0 bridgehead atoms. The highest BCUT2D eigenvalue weighted by Gasteiger charge is 2.36. The molecule has 3 rings (SSSR count). The van der Waals surface area contributed by atoms with Crippen molar-refractivity contribution < 1.29 is 23.5 Å². The van der Waals surface area contributed by atoms with E-state index in [1.165, 1.54) is 24.3 Å². The Morgan fingerprint density at radius 2 is 1.93 bits per heavy atom. The Balaban J connectivity index is 1.44. The van der Waals surface area contributed by atoms with E-state index in [1.54, 1.807) is 0 Å². The Labute approximate surface area is 161 Å². The highest BCUT2D eigenvalue weighted by atomic mass is 19.1. The van der Waals surface area contributed by atoms with Gasteiger partial charge >= 0.3 is 6.09 Å². The first-order valence-corrected chi connectivity index (χ1v) is 10.5. The molecule has 3 atom stereocenters. The number of nitrogens with zero attached hydrogens (tertiary/aromatic N) is 1. The number of rotatable bonds is 6. The van der Waals surface area contributed by atoms with E-state index in [1.807, 2.05) is 0 Å². The fraction of sp³-hybridized carbons (Fsp3) is 0.900. The van der Waals surface area contributed by atoms with Gasteiger partial charge < -0.3 is 9.47 Å². The van der Waals surface area contributed by atoms with E-state index in [0.717, 1.165) is 6.42 Å². The van der Waals surface area contributed by atoms with Gasteiger partial charge in [-0.05, 0) is 50.4 Å². The van der Waals surface area contributed by atoms with E-state index in [4.69, 9.17) is 9.47 Å². The number of carbonyl (C=O) groups is 2. The van der Waals surface area contributed by atoms with E-state index >= 15 is 0 Å². The summed E-state index contributed by atoms with van der Waals surface area (Å²) in [5.41, 5.74) is 2.65. The van der Waals surface area contributed by atoms with Gasteiger partial charge in [0.05, 0.1) is 19.3 Å². The van der Waals surface area contributed by atoms with Crippen LogP contribution in [0.5, 0.6) is 0 Å². The van der Waals surface area contributed by atoms with Crippen molar-refractivity contribution in [1.29, 1.82) is 0 Å². The number of hydrogen-bond acceptors (Lipinski definition) is 4. The number of nitrogens with one attached hydrogen (secondary N) is 1. The Bertz CT molecular complexity index is 522. The summed E-state index contributed by atoms with van der Waals surface area (Å²) in [6, 6.07) is 0. The van der Waals surface area contributed by atoms with Crippen LogP contribution in [-0.2, 0) is 14.3 Å². The fourth-order valence-electron chi connectivity index (χ4n) is 4.56. The number of ether oxygens (including phenoxy) is 2. The second-order valence-corrected chi connectivity index (χ2v) is 8.61. The highest BCUT2D eigenvalue weighted by Crippen LogP contribution is 2.32. The zero-order chi connectivity index (χ0) is 19.4. The number of carbonyl (C=O) groups excluding carboxylic acids is 2. The summed E-state index contributed by atoms with van der Waals surface area (Å²) in [7, 11) is 0. The van der Waals surface area contributed by atoms with Gasteiger partial charge in [0.1, 0.15) is 12.3 Å². The molecule has 1 saturated heterocycles. The van der Waals surface area contributed by atoms with Crippen molar-refractivity contribution in [2.75, 3.05) is 13.2 Å². The Morgan fingerprint density at radius 3 is 2.63 bits per heavy atom. The Kier molecular flexibility index (Phi) is 6.95. The molecule has 27 heavy (non-hydrogen) atoms. The van der Waals surface area contributed by atoms with Crippen molar-refractivity contribution in [3.05, 3.63) is 0 Å². The van der Waals surface area contributed by atoms with Crippen LogP contribution in [0.4, 0.5) is 9.18 Å². The average molecular weight is 384 g/mol. The predicted octanol–water partition coefficient (Wildman–Crippen LogP) is 3.60. The van der Waals surface area contributed by atoms with E-state index in [-0.39, 0.29) is 24.0 Å². The molecule has 1 N–H and O–H groups in total. The highest BCUT2D eigenvalue weighted by molar-refractivity contribution is 5.81. The largest absolute Gasteiger partial charge is 0.440 e. The summed E-state index contributed by atoms with van der Waals surface area (Å²) in [4.78, 5) is 24.4. The van der Waals surface area contributed by atoms with Crippen LogP contribution in [0.25, 0.3) is 0 Å². The molecule has 1 aliphatic heterocycles. The second kappa shape index (κ2) is 9.22. The first-order valence-electron chi connectivity index (χ1n) is 10.5. The van der Waals surface area contributed by atoms with Gasteiger partial charge in [-0.1, -0.05) is 26.7 Å². The topological polar surface area (TPSA) is 67.9 Å². The summed E-state index contributed by atoms with van der Waals surface area (Å²) in [5.74, 6) is 0.690. The summed E-state index contributed by atoms with van der Waals surface area (Å²) in [6.07, 6.45) is 5.08. The average Bonchev–Trinajstić information content (AvgIpc) is 3.00. The maximum absolute atomic E-state index is 13.2. The van der Waals surface area contributed by atoms with Crippen LogP contribution in [0.2, 0.25) is 0 Å². The molecule has 0 aromatic heterocycles. The molecule has 0 aromatic carbocycles. The molecule has 0 aromatic rings. The molecule has 7 heteroatoms. The van der Waals surface area contributed by atoms with Crippen molar-refractivity contribution in [3.8, 4) is 0 Å². The zero-order valence-corrected chi connectivity index (χ0v) is 16.5. The SMILES string of the molecule is CC(C)C1CCCCC1OC[C@@H]1CN(NC(=O)C2CCC(F)CC2)C(=O)O1. The van der Waals surface area contributed by atoms with Crippen LogP contribution in [0, 0.1) is 17.8 Å². The Hall–Kier alpha value is -1.37. The molecule has 2 unspecified atom stereocenters. The molecule has 0 radical (unpaired) electrons. The van der Waals surface area contributed by atoms with Gasteiger partial charge in [0, 0.05) is 5.92 Å². The monoisotopic (exact) mass is 384 g/mol. The minimum Gasteiger partial charge on any atom is -0.440 e. The van der Waals surface area contributed by atoms with Crippen LogP contribution in [0.1, 0.15) is 65.2 Å². The molecular weight excluding hydrogens is 351 g/mol. The molecule has 1 heterocycles. The number of cyclic esters (lactones) is 1. The van der Waals surface area contributed by atoms with Gasteiger partial charge in [0.25, 0.3) is 0 Å². The van der Waals surface area contributed by atoms with Crippen molar-refractivity contribution in [3.63, 3.8) is 0 Å². The normalized spacial score (nSPS) is 34.6. The molecule has 0 spiro atoms. The predicted molar refractivity (Wildman–Crippen MR) is 98.5 cm³/mol. The Morgan fingerprint density at radius 1 is 1.22 bits per heavy atom. The summed E-state index contributed by atoms with van der Waals surface area (Å²) in [6.45, 7) is 5.12. The molecule has 3 fully saturated rings. The number of hydrazine groups is 1. The smallest absolute Gasteiger partial charge is 0.429 e. The molecule has 2 saturated carbocycles. The summed E-state index contributed by atoms with van der Waals surface area (Å²) >= 11 is 0. The molecule has 2 aliphatic carbocycles. The van der Waals surface area contributed by atoms with Crippen molar-refractivity contribution in [1.82, 2.24) is 10.4 Å². The fourth-order valence-corrected chi connectivity index (χ4v) is 4.56. The maximum Gasteiger partial charge on any atom is 0.429 e. The van der Waals surface area contributed by atoms with Crippen LogP contribution >= 0.6 is 0 Å². The lowest BCUT2D eigenvalue weighted by Gasteiger charge is -2.34. The van der Waals surface area contributed by atoms with Gasteiger partial charge in [-0.25, -0.2) is 14.2 Å². The standard InChI is InChI=1S/C20H33FN2O4/c1-13(2)17-5-3-4-6-18(17)26-12-16-11-23(20(25)27-16)22-19(24)14-7-9-15(21)10-8-14/h13-18H,3-12H2,1-2H3,(H,22,24)/t14?,15?,16-,17?,18?/m0/s1. The van der Waals surface area contributed by atoms with Crippen molar-refractivity contribution in [2.45, 2.75) is 83.6 Å². The van der Waals surface area contributed by atoms with Crippen LogP contribution in [0.3, 0.4) is 0 Å². The second-order valence-electron chi connectivity index (χ2n) is 8.61. The molecule has 3 aliphatic rings. The van der Waals surface area contributed by atoms with Crippen LogP contribution < -0.4 is 5.43 Å². The van der Waals surface area contributed by atoms with Gasteiger partial charge in [0.15, 0.2) is 0 Å². The minimum absolute atomic E-state index is 0.215. The maximum atomic E-state index is 13.2. The third kappa shape index (κ3) is 5.33. The third-order valence-electron chi connectivity index (χ3n) is 6.25. The lowest BCUT2D eigenvalue weighted by molar-refractivity contribution is -0.130. The molecular formula is C20H33FN2O4. The third-order valence-corrected chi connectivity index (χ3v) is 6.25. The number of halogens is 1. The lowest BCUT2D eigenvalue weighted by Crippen LogP contribution is -2.46. The van der Waals surface area contributed by atoms with E-state index < -0.39 is 12.3 Å². The minimum atomic E-state index is -0.804. The number of hydrogen-bond donors (Lipinski definition) is 1. The number of alkyl halides is 1. The molecule has 154 valence electrons. The van der Waals surface area contributed by atoms with Crippen LogP contribution in [0.15, 0.2) is 0 Å². The van der Waals surface area contributed by atoms with E-state index in [0.29, 0.717) is 50.7 Å². The van der Waals surface area contributed by atoms with Crippen molar-refractivity contribution >= 4 is 12.0 Å². The zero-order valence-electron chi connectivity index (χ0n) is 16.5. The first-order chi connectivity index (χ1) is 12.9. The summed E-state index contributed by atoms with van der Waals surface area (Å²) in [5, 5.41) is 1.23. The van der Waals surface area contributed by atoms with Crippen molar-refractivity contribution in [2.24, 2.45) is 17.8 Å². The van der Waals surface area contributed by atoms with E-state index in [2.05, 4.69) is 19.3 Å². The van der Waals surface area contributed by atoms with Crippen LogP contribution in [-0.4, -0.2) is 48.5 Å². The lowest BCUT2D eigenvalue weighted by atomic mass is 9.79. The van der Waals surface area contributed by atoms with Gasteiger partial charge in [-0.3, -0.25) is 10.2 Å². The first kappa shape index (κ1) is 20.4. The molecule has 2 amide bonds. The molecule has 6 nitrogen and oxygen atoms in total. The van der Waals surface area contributed by atoms with Gasteiger partial charge in [-0.15, -0.1) is 0 Å². The quantitative estimate of drug-likeness (QED) is 0.760. The van der Waals surface area contributed by atoms with Gasteiger partial charge in [0.2, 0.25) is 5.91 Å². The summed E-state index contributed by atoms with van der Waals surface area (Å²) < 4.78 is 24.7. The van der Waals surface area contributed by atoms with E-state index in [9.17, 15) is 14.0 Å².